The predicted molar refractivity (Wildman–Crippen MR) is 103 cm³/mol. The van der Waals surface area contributed by atoms with E-state index >= 15 is 0 Å². The largest absolute Gasteiger partial charge is 0.282 e. The predicted octanol–water partition coefficient (Wildman–Crippen LogP) is 4.27. The van der Waals surface area contributed by atoms with Crippen molar-refractivity contribution < 1.29 is 8.42 Å². The molecule has 0 atom stereocenters. The first-order valence-electron chi connectivity index (χ1n) is 7.90. The Balaban J connectivity index is 2.08. The second kappa shape index (κ2) is 7.44. The molecule has 0 aliphatic heterocycles. The molecule has 0 spiro atoms. The highest BCUT2D eigenvalue weighted by Gasteiger charge is 2.40. The summed E-state index contributed by atoms with van der Waals surface area (Å²) in [4.78, 5) is 2.24. The topological polar surface area (TPSA) is 37.4 Å². The molecule has 3 rings (SSSR count). The third kappa shape index (κ3) is 3.79. The zero-order chi connectivity index (χ0) is 17.9. The monoisotopic (exact) mass is 370 g/mol. The number of aryl methyl sites for hydroxylation is 1. The van der Waals surface area contributed by atoms with Crippen LogP contribution in [0.5, 0.6) is 0 Å². The highest BCUT2D eigenvalue weighted by molar-refractivity contribution is 8.06. The average Bonchev–Trinajstić information content (AvgIpc) is 2.64. The van der Waals surface area contributed by atoms with Gasteiger partial charge < -0.3 is 0 Å². The van der Waals surface area contributed by atoms with Gasteiger partial charge in [0.15, 0.2) is 20.9 Å². The second-order valence-electron chi connectivity index (χ2n) is 5.64. The van der Waals surface area contributed by atoms with Crippen LogP contribution in [0.3, 0.4) is 0 Å². The maximum absolute atomic E-state index is 13.2. The fourth-order valence-corrected chi connectivity index (χ4v) is 6.52. The molecule has 128 valence electrons. The lowest BCUT2D eigenvalue weighted by Gasteiger charge is -2.17. The smallest absolute Gasteiger partial charge is 0.203 e. The molecular formula is C20H20NO2S2+. The summed E-state index contributed by atoms with van der Waals surface area (Å²) in [5.74, 6) is 0. The average molecular weight is 371 g/mol. The minimum absolute atomic E-state index is 0.310. The molecule has 3 aromatic rings. The van der Waals surface area contributed by atoms with Crippen LogP contribution in [0, 0.1) is 6.92 Å². The Morgan fingerprint density at radius 2 is 1.16 bits per heavy atom. The van der Waals surface area contributed by atoms with Crippen LogP contribution in [0.2, 0.25) is 0 Å². The van der Waals surface area contributed by atoms with Crippen molar-refractivity contribution in [1.82, 2.24) is 3.71 Å². The van der Waals surface area contributed by atoms with Crippen LogP contribution >= 0.6 is 0 Å². The third-order valence-electron chi connectivity index (χ3n) is 3.85. The van der Waals surface area contributed by atoms with Gasteiger partial charge in [-0.2, -0.15) is 0 Å². The second-order valence-corrected chi connectivity index (χ2v) is 9.90. The summed E-state index contributed by atoms with van der Waals surface area (Å²) in [5, 5.41) is 0. The van der Waals surface area contributed by atoms with E-state index in [9.17, 15) is 8.42 Å². The van der Waals surface area contributed by atoms with E-state index in [0.717, 1.165) is 15.4 Å². The minimum atomic E-state index is -3.61. The molecule has 25 heavy (non-hydrogen) atoms. The maximum Gasteiger partial charge on any atom is 0.282 e. The maximum atomic E-state index is 13.2. The van der Waals surface area contributed by atoms with Crippen LogP contribution in [0.1, 0.15) is 5.56 Å². The lowest BCUT2D eigenvalue weighted by molar-refractivity contribution is 0.562. The third-order valence-corrected chi connectivity index (χ3v) is 8.38. The first-order valence-corrected chi connectivity index (χ1v) is 10.5. The van der Waals surface area contributed by atoms with Gasteiger partial charge >= 0.3 is 0 Å². The molecule has 0 heterocycles. The number of sulfonamides is 1. The lowest BCUT2D eigenvalue weighted by atomic mass is 10.2. The molecule has 0 amide bonds. The van der Waals surface area contributed by atoms with Crippen molar-refractivity contribution in [2.75, 3.05) is 7.05 Å². The van der Waals surface area contributed by atoms with E-state index in [-0.39, 0.29) is 0 Å². The van der Waals surface area contributed by atoms with Crippen LogP contribution < -0.4 is 0 Å². The fraction of sp³-hybridized carbons (Fsp3) is 0.100. The van der Waals surface area contributed by atoms with Gasteiger partial charge in [0, 0.05) is 0 Å². The van der Waals surface area contributed by atoms with E-state index in [2.05, 4.69) is 0 Å². The first kappa shape index (κ1) is 17.7. The quantitative estimate of drug-likeness (QED) is 0.629. The molecule has 0 saturated heterocycles. The van der Waals surface area contributed by atoms with Gasteiger partial charge in [-0.15, -0.1) is 0 Å². The van der Waals surface area contributed by atoms with Crippen molar-refractivity contribution in [3.05, 3.63) is 90.5 Å². The molecular weight excluding hydrogens is 350 g/mol. The Bertz CT molecular complexity index is 885. The van der Waals surface area contributed by atoms with Crippen LogP contribution in [0.4, 0.5) is 0 Å². The Morgan fingerprint density at radius 1 is 0.720 bits per heavy atom. The van der Waals surface area contributed by atoms with Crippen molar-refractivity contribution in [1.29, 1.82) is 0 Å². The van der Waals surface area contributed by atoms with Gasteiger partial charge in [0.2, 0.25) is 0 Å². The fourth-order valence-electron chi connectivity index (χ4n) is 2.49. The number of hydrogen-bond acceptors (Lipinski definition) is 2. The highest BCUT2D eigenvalue weighted by Crippen LogP contribution is 2.30. The van der Waals surface area contributed by atoms with Gasteiger partial charge in [0.1, 0.15) is 0 Å². The standard InChI is InChI=1S/C20H20NO2S2/c1-17-13-15-20(16-14-17)25(22,23)21(2)24(18-9-5-3-6-10-18)19-11-7-4-8-12-19/h3-16H,1-2H3/q+1. The summed E-state index contributed by atoms with van der Waals surface area (Å²) in [6, 6.07) is 26.5. The highest BCUT2D eigenvalue weighted by atomic mass is 32.3. The number of benzene rings is 3. The number of hydrogen-bond donors (Lipinski definition) is 0. The molecule has 0 aliphatic carbocycles. The molecule has 5 heteroatoms. The molecule has 0 fully saturated rings. The van der Waals surface area contributed by atoms with Gasteiger partial charge in [0.25, 0.3) is 10.0 Å². The van der Waals surface area contributed by atoms with E-state index in [0.29, 0.717) is 4.90 Å². The molecule has 3 nitrogen and oxygen atoms in total. The first-order chi connectivity index (χ1) is 12.0. The minimum Gasteiger partial charge on any atom is -0.203 e. The van der Waals surface area contributed by atoms with E-state index in [1.54, 1.807) is 19.2 Å². The van der Waals surface area contributed by atoms with E-state index in [1.165, 1.54) is 3.71 Å². The Labute approximate surface area is 152 Å². The van der Waals surface area contributed by atoms with Gasteiger partial charge in [-0.3, -0.25) is 0 Å². The SMILES string of the molecule is Cc1ccc(S(=O)(=O)N(C)[S+](c2ccccc2)c2ccccc2)cc1. The summed E-state index contributed by atoms with van der Waals surface area (Å²) < 4.78 is 27.8. The van der Waals surface area contributed by atoms with Crippen molar-refractivity contribution in [2.24, 2.45) is 0 Å². The van der Waals surface area contributed by atoms with Crippen molar-refractivity contribution >= 4 is 21.1 Å². The van der Waals surface area contributed by atoms with E-state index < -0.39 is 21.1 Å². The summed E-state index contributed by atoms with van der Waals surface area (Å²) in [7, 11) is -1.95. The molecule has 0 bridgehead atoms. The van der Waals surface area contributed by atoms with E-state index in [1.807, 2.05) is 79.7 Å². The molecule has 3 aromatic carbocycles. The molecule has 0 aromatic heterocycles. The molecule has 0 unspecified atom stereocenters. The van der Waals surface area contributed by atoms with Crippen LogP contribution in [0.15, 0.2) is 99.6 Å². The molecule has 0 radical (unpaired) electrons. The zero-order valence-electron chi connectivity index (χ0n) is 14.2. The normalized spacial score (nSPS) is 11.8. The Kier molecular flexibility index (Phi) is 5.27. The Morgan fingerprint density at radius 3 is 1.60 bits per heavy atom. The van der Waals surface area contributed by atoms with E-state index in [4.69, 9.17) is 0 Å². The number of rotatable bonds is 5. The number of nitrogens with zero attached hydrogens (tertiary/aromatic N) is 1. The lowest BCUT2D eigenvalue weighted by Crippen LogP contribution is -2.33. The molecule has 0 aliphatic rings. The van der Waals surface area contributed by atoms with Crippen LogP contribution in [-0.2, 0) is 21.1 Å². The van der Waals surface area contributed by atoms with Crippen molar-refractivity contribution in [3.63, 3.8) is 0 Å². The summed E-state index contributed by atoms with van der Waals surface area (Å²) >= 11 is -0.726. The van der Waals surface area contributed by atoms with Gasteiger partial charge in [-0.05, 0) is 47.0 Å². The van der Waals surface area contributed by atoms with Gasteiger partial charge in [0.05, 0.1) is 11.9 Å². The summed E-state index contributed by atoms with van der Waals surface area (Å²) in [6.45, 7) is 1.94. The van der Waals surface area contributed by atoms with Crippen LogP contribution in [-0.4, -0.2) is 19.2 Å². The Hall–Kier alpha value is -2.08. The van der Waals surface area contributed by atoms with Crippen LogP contribution in [0.25, 0.3) is 0 Å². The van der Waals surface area contributed by atoms with Crippen molar-refractivity contribution in [3.8, 4) is 0 Å². The van der Waals surface area contributed by atoms with Gasteiger partial charge in [-0.25, -0.2) is 8.42 Å². The zero-order valence-corrected chi connectivity index (χ0v) is 15.8. The molecule has 0 saturated carbocycles. The van der Waals surface area contributed by atoms with Gasteiger partial charge in [-0.1, -0.05) is 54.1 Å². The summed E-state index contributed by atoms with van der Waals surface area (Å²) in [6.07, 6.45) is 0. The molecule has 0 N–H and O–H groups in total. The summed E-state index contributed by atoms with van der Waals surface area (Å²) in [5.41, 5.74) is 1.03. The van der Waals surface area contributed by atoms with Crippen molar-refractivity contribution in [2.45, 2.75) is 21.6 Å².